The van der Waals surface area contributed by atoms with Crippen molar-refractivity contribution in [3.8, 4) is 0 Å². The fourth-order valence-electron chi connectivity index (χ4n) is 1.11. The van der Waals surface area contributed by atoms with Gasteiger partial charge >= 0.3 is 6.18 Å². The van der Waals surface area contributed by atoms with E-state index in [9.17, 15) is 13.2 Å². The minimum absolute atomic E-state index is 0.123. The van der Waals surface area contributed by atoms with Crippen LogP contribution in [0, 0.1) is 0 Å². The van der Waals surface area contributed by atoms with Gasteiger partial charge in [-0.05, 0) is 7.05 Å². The third-order valence-electron chi connectivity index (χ3n) is 1.67. The van der Waals surface area contributed by atoms with Crippen LogP contribution in [0.2, 0.25) is 0 Å². The minimum atomic E-state index is -4.28. The maximum atomic E-state index is 12.3. The van der Waals surface area contributed by atoms with E-state index in [4.69, 9.17) is 0 Å². The van der Waals surface area contributed by atoms with Crippen LogP contribution >= 0.6 is 0 Å². The van der Waals surface area contributed by atoms with Gasteiger partial charge < -0.3 is 5.32 Å². The normalized spacial score (nSPS) is 14.5. The molecule has 1 aromatic heterocycles. The summed E-state index contributed by atoms with van der Waals surface area (Å²) in [7, 11) is 2.84. The van der Waals surface area contributed by atoms with Crippen molar-refractivity contribution < 1.29 is 13.2 Å². The smallest absolute Gasteiger partial charge is 0.305 e. The zero-order chi connectivity index (χ0) is 10.1. The summed E-state index contributed by atoms with van der Waals surface area (Å²) in [6, 6.07) is -1.64. The fourth-order valence-corrected chi connectivity index (χ4v) is 1.11. The number of halogens is 3. The van der Waals surface area contributed by atoms with Crippen molar-refractivity contribution in [2.45, 2.75) is 12.2 Å². The van der Waals surface area contributed by atoms with Gasteiger partial charge in [0.2, 0.25) is 0 Å². The molecule has 0 saturated heterocycles. The number of rotatable bonds is 2. The molecule has 13 heavy (non-hydrogen) atoms. The van der Waals surface area contributed by atoms with Crippen molar-refractivity contribution in [1.82, 2.24) is 15.1 Å². The van der Waals surface area contributed by atoms with E-state index in [-0.39, 0.29) is 5.56 Å². The second-order valence-electron chi connectivity index (χ2n) is 2.71. The molecule has 1 atom stereocenters. The van der Waals surface area contributed by atoms with E-state index in [1.165, 1.54) is 24.1 Å². The molecule has 0 bridgehead atoms. The number of hydrogen-bond donors (Lipinski definition) is 1. The summed E-state index contributed by atoms with van der Waals surface area (Å²) in [4.78, 5) is 0. The largest absolute Gasteiger partial charge is 0.408 e. The molecule has 0 amide bonds. The highest BCUT2D eigenvalue weighted by molar-refractivity contribution is 5.12. The zero-order valence-corrected chi connectivity index (χ0v) is 7.26. The molecule has 1 unspecified atom stereocenters. The number of hydrogen-bond acceptors (Lipinski definition) is 2. The summed E-state index contributed by atoms with van der Waals surface area (Å²) in [5.74, 6) is 0. The Bertz CT molecular complexity index is 279. The highest BCUT2D eigenvalue weighted by atomic mass is 19.4. The maximum absolute atomic E-state index is 12.3. The van der Waals surface area contributed by atoms with Crippen LogP contribution in [-0.4, -0.2) is 23.0 Å². The molecule has 1 rings (SSSR count). The van der Waals surface area contributed by atoms with Crippen LogP contribution in [0.4, 0.5) is 13.2 Å². The maximum Gasteiger partial charge on any atom is 0.408 e. The summed E-state index contributed by atoms with van der Waals surface area (Å²) in [5, 5.41) is 5.87. The third-order valence-corrected chi connectivity index (χ3v) is 1.67. The first kappa shape index (κ1) is 10.0. The molecule has 6 heteroatoms. The van der Waals surface area contributed by atoms with Crippen molar-refractivity contribution in [3.05, 3.63) is 18.0 Å². The second-order valence-corrected chi connectivity index (χ2v) is 2.71. The van der Waals surface area contributed by atoms with Gasteiger partial charge in [-0.1, -0.05) is 0 Å². The predicted octanol–water partition coefficient (Wildman–Crippen LogP) is 1.24. The molecule has 0 aliphatic carbocycles. The first-order valence-corrected chi connectivity index (χ1v) is 3.67. The van der Waals surface area contributed by atoms with E-state index in [2.05, 4.69) is 10.4 Å². The molecule has 1 N–H and O–H groups in total. The van der Waals surface area contributed by atoms with Crippen LogP contribution in [0.15, 0.2) is 12.4 Å². The zero-order valence-electron chi connectivity index (χ0n) is 7.26. The average Bonchev–Trinajstić information content (AvgIpc) is 2.34. The third kappa shape index (κ3) is 2.21. The molecule has 0 spiro atoms. The van der Waals surface area contributed by atoms with Crippen LogP contribution in [0.5, 0.6) is 0 Å². The van der Waals surface area contributed by atoms with Crippen molar-refractivity contribution >= 4 is 0 Å². The lowest BCUT2D eigenvalue weighted by Crippen LogP contribution is -2.31. The quantitative estimate of drug-likeness (QED) is 0.765. The first-order chi connectivity index (χ1) is 5.95. The molecule has 0 aliphatic heterocycles. The molecule has 1 heterocycles. The molecule has 0 aliphatic rings. The van der Waals surface area contributed by atoms with Crippen molar-refractivity contribution in [1.29, 1.82) is 0 Å². The van der Waals surface area contributed by atoms with Gasteiger partial charge in [0.25, 0.3) is 0 Å². The SMILES string of the molecule is CNC(c1cnn(C)c1)C(F)(F)F. The minimum Gasteiger partial charge on any atom is -0.305 e. The molecular formula is C7H10F3N3. The molecule has 0 saturated carbocycles. The van der Waals surface area contributed by atoms with Gasteiger partial charge in [-0.3, -0.25) is 4.68 Å². The van der Waals surface area contributed by atoms with E-state index in [0.29, 0.717) is 0 Å². The van der Waals surface area contributed by atoms with E-state index >= 15 is 0 Å². The van der Waals surface area contributed by atoms with Crippen molar-refractivity contribution in [2.24, 2.45) is 7.05 Å². The van der Waals surface area contributed by atoms with Crippen LogP contribution in [0.25, 0.3) is 0 Å². The monoisotopic (exact) mass is 193 g/mol. The molecule has 0 radical (unpaired) electrons. The molecule has 3 nitrogen and oxygen atoms in total. The number of aryl methyl sites for hydroxylation is 1. The lowest BCUT2D eigenvalue weighted by molar-refractivity contribution is -0.156. The Morgan fingerprint density at radius 3 is 2.46 bits per heavy atom. The fraction of sp³-hybridized carbons (Fsp3) is 0.571. The summed E-state index contributed by atoms with van der Waals surface area (Å²) in [6.07, 6.45) is -1.74. The van der Waals surface area contributed by atoms with Crippen LogP contribution in [0.1, 0.15) is 11.6 Å². The van der Waals surface area contributed by atoms with E-state index < -0.39 is 12.2 Å². The Hall–Kier alpha value is -1.04. The summed E-state index contributed by atoms with van der Waals surface area (Å²) < 4.78 is 38.3. The van der Waals surface area contributed by atoms with Gasteiger partial charge in [-0.15, -0.1) is 0 Å². The summed E-state index contributed by atoms with van der Waals surface area (Å²) in [6.45, 7) is 0. The molecule has 0 fully saturated rings. The Morgan fingerprint density at radius 2 is 2.15 bits per heavy atom. The topological polar surface area (TPSA) is 29.9 Å². The van der Waals surface area contributed by atoms with Crippen LogP contribution in [0.3, 0.4) is 0 Å². The van der Waals surface area contributed by atoms with Gasteiger partial charge in [-0.25, -0.2) is 0 Å². The number of alkyl halides is 3. The molecule has 1 aromatic rings. The van der Waals surface area contributed by atoms with Crippen LogP contribution < -0.4 is 5.32 Å². The molecular weight excluding hydrogens is 183 g/mol. The van der Waals surface area contributed by atoms with E-state index in [1.54, 1.807) is 7.05 Å². The van der Waals surface area contributed by atoms with Gasteiger partial charge in [0.05, 0.1) is 6.20 Å². The standard InChI is InChI=1S/C7H10F3N3/c1-11-6(7(8,9)10)5-3-12-13(2)4-5/h3-4,6,11H,1-2H3. The highest BCUT2D eigenvalue weighted by Gasteiger charge is 2.40. The molecule has 74 valence electrons. The Labute approximate surface area is 73.5 Å². The highest BCUT2D eigenvalue weighted by Crippen LogP contribution is 2.31. The summed E-state index contributed by atoms with van der Waals surface area (Å²) in [5.41, 5.74) is 0.123. The van der Waals surface area contributed by atoms with E-state index in [0.717, 1.165) is 0 Å². The second kappa shape index (κ2) is 3.37. The van der Waals surface area contributed by atoms with Crippen molar-refractivity contribution in [3.63, 3.8) is 0 Å². The number of nitrogens with one attached hydrogen (secondary N) is 1. The van der Waals surface area contributed by atoms with Gasteiger partial charge in [0.15, 0.2) is 0 Å². The van der Waals surface area contributed by atoms with Crippen molar-refractivity contribution in [2.75, 3.05) is 7.05 Å². The van der Waals surface area contributed by atoms with Gasteiger partial charge in [-0.2, -0.15) is 18.3 Å². The number of nitrogens with zero attached hydrogens (tertiary/aromatic N) is 2. The van der Waals surface area contributed by atoms with Gasteiger partial charge in [0, 0.05) is 18.8 Å². The summed E-state index contributed by atoms with van der Waals surface area (Å²) >= 11 is 0. The Balaban J connectivity index is 2.91. The molecule has 0 aromatic carbocycles. The first-order valence-electron chi connectivity index (χ1n) is 3.67. The Morgan fingerprint density at radius 1 is 1.54 bits per heavy atom. The van der Waals surface area contributed by atoms with E-state index in [1.807, 2.05) is 0 Å². The lowest BCUT2D eigenvalue weighted by Gasteiger charge is -2.17. The van der Waals surface area contributed by atoms with Crippen LogP contribution in [-0.2, 0) is 7.05 Å². The Kier molecular flexibility index (Phi) is 2.60. The average molecular weight is 193 g/mol. The lowest BCUT2D eigenvalue weighted by atomic mass is 10.1. The number of aromatic nitrogens is 2. The predicted molar refractivity (Wildman–Crippen MR) is 41.1 cm³/mol. The van der Waals surface area contributed by atoms with Gasteiger partial charge in [0.1, 0.15) is 6.04 Å².